The number of benzene rings is 4. The van der Waals surface area contributed by atoms with E-state index >= 15 is 0 Å². The van der Waals surface area contributed by atoms with Gasteiger partial charge in [-0.1, -0.05) is 116 Å². The topological polar surface area (TPSA) is 135 Å². The summed E-state index contributed by atoms with van der Waals surface area (Å²) in [6.45, 7) is 3.46. The largest absolute Gasteiger partial charge is 0.476 e. The molecule has 7 rings (SSSR count). The zero-order chi connectivity index (χ0) is 36.7. The van der Waals surface area contributed by atoms with E-state index in [9.17, 15) is 19.5 Å². The molecule has 6 aromatic rings. The van der Waals surface area contributed by atoms with Gasteiger partial charge in [0.2, 0.25) is 11.8 Å². The van der Waals surface area contributed by atoms with Crippen LogP contribution < -0.4 is 0 Å². The minimum atomic E-state index is -1.14. The molecule has 53 heavy (non-hydrogen) atoms. The lowest BCUT2D eigenvalue weighted by molar-refractivity contribution is -0.132. The van der Waals surface area contributed by atoms with Crippen molar-refractivity contribution in [1.29, 1.82) is 0 Å². The Morgan fingerprint density at radius 1 is 0.792 bits per heavy atom. The fourth-order valence-corrected chi connectivity index (χ4v) is 7.03. The van der Waals surface area contributed by atoms with Crippen molar-refractivity contribution in [3.63, 3.8) is 0 Å². The minimum absolute atomic E-state index is 0.0392. The molecule has 1 saturated heterocycles. The van der Waals surface area contributed by atoms with Crippen LogP contribution in [0.15, 0.2) is 115 Å². The molecule has 268 valence electrons. The summed E-state index contributed by atoms with van der Waals surface area (Å²) < 4.78 is 0. The second-order valence-corrected chi connectivity index (χ2v) is 13.4. The van der Waals surface area contributed by atoms with E-state index in [1.165, 1.54) is 0 Å². The SMILES string of the molecule is CCCN(Cc1nc(C(=O)O)c(-c2ccc(-c3ccc(-c4cnc([C@@H]5CCCN5C(=O)Cc5ccccc5)[nH]4)cc3)cc2)[nH]1)C(=O)Cc1ccccc1. The highest BCUT2D eigenvalue weighted by molar-refractivity contribution is 5.93. The van der Waals surface area contributed by atoms with E-state index in [1.807, 2.05) is 127 Å². The number of carboxylic acids is 1. The molecular weight excluding hydrogens is 665 g/mol. The Morgan fingerprint density at radius 3 is 2.02 bits per heavy atom. The van der Waals surface area contributed by atoms with Crippen LogP contribution in [0.3, 0.4) is 0 Å². The average molecular weight is 707 g/mol. The first-order valence-corrected chi connectivity index (χ1v) is 18.1. The summed E-state index contributed by atoms with van der Waals surface area (Å²) in [6, 6.07) is 35.2. The molecule has 0 spiro atoms. The van der Waals surface area contributed by atoms with Gasteiger partial charge in [-0.15, -0.1) is 0 Å². The van der Waals surface area contributed by atoms with Crippen LogP contribution in [-0.4, -0.2) is 65.7 Å². The van der Waals surface area contributed by atoms with Crippen molar-refractivity contribution in [3.05, 3.63) is 144 Å². The van der Waals surface area contributed by atoms with Crippen molar-refractivity contribution in [2.75, 3.05) is 13.1 Å². The fraction of sp³-hybridized carbons (Fsp3) is 0.233. The standard InChI is InChI=1S/C43H42N6O4/c1-2-23-48(38(50)25-29-10-5-3-6-11-29)28-37-46-40(41(47-37)43(52)53)34-21-17-32(18-22-34)31-15-19-33(20-16-31)35-27-44-42(45-35)36-14-9-24-49(36)39(51)26-30-12-7-4-8-13-30/h3-8,10-13,15-22,27,36H,2,9,14,23-26,28H2,1H3,(H,44,45)(H,46,47)(H,52,53)/t36-/m0/s1. The van der Waals surface area contributed by atoms with Gasteiger partial charge < -0.3 is 24.9 Å². The molecule has 0 saturated carbocycles. The van der Waals surface area contributed by atoms with Gasteiger partial charge in [-0.3, -0.25) is 9.59 Å². The highest BCUT2D eigenvalue weighted by Gasteiger charge is 2.32. The van der Waals surface area contributed by atoms with E-state index in [0.717, 1.165) is 65.1 Å². The van der Waals surface area contributed by atoms with Crippen molar-refractivity contribution in [1.82, 2.24) is 29.7 Å². The number of nitrogens with one attached hydrogen (secondary N) is 2. The fourth-order valence-electron chi connectivity index (χ4n) is 7.03. The summed E-state index contributed by atoms with van der Waals surface area (Å²) in [5, 5.41) is 10.0. The van der Waals surface area contributed by atoms with Gasteiger partial charge in [-0.25, -0.2) is 14.8 Å². The van der Waals surface area contributed by atoms with Gasteiger partial charge in [0.05, 0.1) is 43.0 Å². The van der Waals surface area contributed by atoms with Crippen LogP contribution in [0.5, 0.6) is 0 Å². The summed E-state index contributed by atoms with van der Waals surface area (Å²) in [7, 11) is 0. The van der Waals surface area contributed by atoms with Crippen molar-refractivity contribution in [2.24, 2.45) is 0 Å². The summed E-state index contributed by atoms with van der Waals surface area (Å²) in [4.78, 5) is 58.0. The number of H-pyrrole nitrogens is 2. The number of aromatic amines is 2. The highest BCUT2D eigenvalue weighted by Crippen LogP contribution is 2.33. The van der Waals surface area contributed by atoms with E-state index in [-0.39, 0.29) is 36.5 Å². The summed E-state index contributed by atoms with van der Waals surface area (Å²) in [6.07, 6.45) is 5.07. The van der Waals surface area contributed by atoms with E-state index in [1.54, 1.807) is 4.90 Å². The predicted octanol–water partition coefficient (Wildman–Crippen LogP) is 7.72. The molecule has 1 aliphatic rings. The first kappa shape index (κ1) is 35.1. The molecule has 1 atom stereocenters. The third kappa shape index (κ3) is 8.12. The Labute approximate surface area is 308 Å². The maximum absolute atomic E-state index is 13.2. The maximum atomic E-state index is 13.2. The first-order valence-electron chi connectivity index (χ1n) is 18.1. The minimum Gasteiger partial charge on any atom is -0.476 e. The number of hydrogen-bond acceptors (Lipinski definition) is 5. The molecular formula is C43H42N6O4. The van der Waals surface area contributed by atoms with E-state index < -0.39 is 5.97 Å². The Hall–Kier alpha value is -6.29. The third-order valence-corrected chi connectivity index (χ3v) is 9.73. The number of nitrogens with zero attached hydrogens (tertiary/aromatic N) is 4. The van der Waals surface area contributed by atoms with Crippen LogP contribution in [0, 0.1) is 0 Å². The molecule has 0 unspecified atom stereocenters. The molecule has 4 aromatic carbocycles. The monoisotopic (exact) mass is 706 g/mol. The molecule has 10 heteroatoms. The van der Waals surface area contributed by atoms with Crippen molar-refractivity contribution in [3.8, 4) is 33.6 Å². The third-order valence-electron chi connectivity index (χ3n) is 9.73. The quantitative estimate of drug-likeness (QED) is 0.113. The van der Waals surface area contributed by atoms with Crippen molar-refractivity contribution in [2.45, 2.75) is 51.6 Å². The number of carboxylic acid groups (broad SMARTS) is 1. The van der Waals surface area contributed by atoms with Crippen molar-refractivity contribution < 1.29 is 19.5 Å². The lowest BCUT2D eigenvalue weighted by Gasteiger charge is -2.23. The number of carbonyl (C=O) groups is 3. The number of carbonyl (C=O) groups excluding carboxylic acids is 2. The molecule has 3 N–H and O–H groups in total. The first-order chi connectivity index (χ1) is 25.9. The second kappa shape index (κ2) is 15.9. The normalized spacial score (nSPS) is 14.0. The van der Waals surface area contributed by atoms with Gasteiger partial charge in [0.15, 0.2) is 5.69 Å². The Balaban J connectivity index is 1.03. The molecule has 0 aliphatic carbocycles. The van der Waals surface area contributed by atoms with E-state index in [2.05, 4.69) is 19.9 Å². The summed E-state index contributed by atoms with van der Waals surface area (Å²) >= 11 is 0. The van der Waals surface area contributed by atoms with Gasteiger partial charge in [0.1, 0.15) is 11.6 Å². The van der Waals surface area contributed by atoms with Crippen molar-refractivity contribution >= 4 is 17.8 Å². The van der Waals surface area contributed by atoms with Gasteiger partial charge in [0.25, 0.3) is 0 Å². The number of hydrogen-bond donors (Lipinski definition) is 3. The highest BCUT2D eigenvalue weighted by atomic mass is 16.4. The molecule has 2 amide bonds. The molecule has 1 fully saturated rings. The zero-order valence-corrected chi connectivity index (χ0v) is 29.7. The lowest BCUT2D eigenvalue weighted by atomic mass is 10.0. The van der Waals surface area contributed by atoms with Gasteiger partial charge in [-0.05, 0) is 47.1 Å². The summed E-state index contributed by atoms with van der Waals surface area (Å²) in [5.41, 5.74) is 6.80. The number of amides is 2. The molecule has 3 heterocycles. The van der Waals surface area contributed by atoms with E-state index in [4.69, 9.17) is 0 Å². The number of aromatic nitrogens is 4. The Morgan fingerprint density at radius 2 is 1.40 bits per heavy atom. The molecule has 0 radical (unpaired) electrons. The number of imidazole rings is 2. The van der Waals surface area contributed by atoms with Crippen LogP contribution in [0.2, 0.25) is 0 Å². The van der Waals surface area contributed by atoms with Gasteiger partial charge >= 0.3 is 5.97 Å². The number of rotatable bonds is 13. The molecule has 2 aromatic heterocycles. The molecule has 10 nitrogen and oxygen atoms in total. The Bertz CT molecular complexity index is 2180. The molecule has 1 aliphatic heterocycles. The lowest BCUT2D eigenvalue weighted by Crippen LogP contribution is -2.33. The summed E-state index contributed by atoms with van der Waals surface area (Å²) in [5.74, 6) is 0.166. The maximum Gasteiger partial charge on any atom is 0.356 e. The zero-order valence-electron chi connectivity index (χ0n) is 29.7. The van der Waals surface area contributed by atoms with Crippen LogP contribution in [0.4, 0.5) is 0 Å². The number of aromatic carboxylic acids is 1. The Kier molecular flexibility index (Phi) is 10.6. The van der Waals surface area contributed by atoms with Crippen LogP contribution >= 0.6 is 0 Å². The van der Waals surface area contributed by atoms with Crippen LogP contribution in [0.1, 0.15) is 65.5 Å². The van der Waals surface area contributed by atoms with Gasteiger partial charge in [-0.2, -0.15) is 0 Å². The smallest absolute Gasteiger partial charge is 0.356 e. The van der Waals surface area contributed by atoms with E-state index in [0.29, 0.717) is 30.0 Å². The van der Waals surface area contributed by atoms with Crippen LogP contribution in [0.25, 0.3) is 33.6 Å². The predicted molar refractivity (Wildman–Crippen MR) is 204 cm³/mol. The average Bonchev–Trinajstić information content (AvgIpc) is 3.96. The second-order valence-electron chi connectivity index (χ2n) is 13.4. The molecule has 0 bridgehead atoms. The van der Waals surface area contributed by atoms with Crippen LogP contribution in [-0.2, 0) is 29.0 Å². The number of likely N-dealkylation sites (tertiary alicyclic amines) is 1. The van der Waals surface area contributed by atoms with Gasteiger partial charge in [0, 0.05) is 18.7 Å².